The molecule has 2 aromatic carbocycles. The summed E-state index contributed by atoms with van der Waals surface area (Å²) in [6.45, 7) is 3.96. The van der Waals surface area contributed by atoms with Crippen molar-refractivity contribution in [1.29, 1.82) is 0 Å². The van der Waals surface area contributed by atoms with Crippen LogP contribution < -0.4 is 0 Å². The molecule has 1 aliphatic carbocycles. The largest absolute Gasteiger partial charge is 0.353 e. The Bertz CT molecular complexity index is 1200. The number of aromatic nitrogens is 1. The first-order valence-electron chi connectivity index (χ1n) is 10.7. The quantitative estimate of drug-likeness (QED) is 0.537. The van der Waals surface area contributed by atoms with Gasteiger partial charge in [0.2, 0.25) is 15.9 Å². The lowest BCUT2D eigenvalue weighted by Crippen LogP contribution is -2.46. The molecule has 0 saturated heterocycles. The average molecular weight is 440 g/mol. The predicted molar refractivity (Wildman–Crippen MR) is 122 cm³/mol. The van der Waals surface area contributed by atoms with Gasteiger partial charge in [-0.05, 0) is 61.7 Å². The Morgan fingerprint density at radius 1 is 1.06 bits per heavy atom. The number of amides is 1. The molecule has 1 aromatic heterocycles. The minimum Gasteiger partial charge on any atom is -0.353 e. The second-order valence-corrected chi connectivity index (χ2v) is 10.4. The van der Waals surface area contributed by atoms with Crippen molar-refractivity contribution in [1.82, 2.24) is 13.8 Å². The maximum absolute atomic E-state index is 13.5. The first-order chi connectivity index (χ1) is 14.8. The van der Waals surface area contributed by atoms with Gasteiger partial charge in [0.1, 0.15) is 0 Å². The van der Waals surface area contributed by atoms with Crippen molar-refractivity contribution < 1.29 is 13.2 Å². The van der Waals surface area contributed by atoms with E-state index in [1.165, 1.54) is 4.31 Å². The molecule has 164 valence electrons. The van der Waals surface area contributed by atoms with Gasteiger partial charge >= 0.3 is 0 Å². The van der Waals surface area contributed by atoms with Crippen LogP contribution in [0, 0.1) is 0 Å². The number of nitrogens with zero attached hydrogens (tertiary/aromatic N) is 3. The Kier molecular flexibility index (Phi) is 5.90. The number of benzene rings is 2. The minimum absolute atomic E-state index is 0.151. The van der Waals surface area contributed by atoms with Gasteiger partial charge in [-0.2, -0.15) is 4.31 Å². The summed E-state index contributed by atoms with van der Waals surface area (Å²) in [5.41, 5.74) is 1.04. The molecular weight excluding hydrogens is 410 g/mol. The normalized spacial score (nSPS) is 14.5. The summed E-state index contributed by atoms with van der Waals surface area (Å²) >= 11 is 0. The zero-order chi connectivity index (χ0) is 22.2. The van der Waals surface area contributed by atoms with Crippen LogP contribution in [0.5, 0.6) is 0 Å². The Morgan fingerprint density at radius 2 is 1.77 bits per heavy atom. The molecule has 1 fully saturated rings. The van der Waals surface area contributed by atoms with E-state index in [-0.39, 0.29) is 29.4 Å². The number of sulfonamides is 1. The van der Waals surface area contributed by atoms with Gasteiger partial charge in [0.05, 0.1) is 18.0 Å². The van der Waals surface area contributed by atoms with Crippen molar-refractivity contribution in [2.24, 2.45) is 7.05 Å². The Hall–Kier alpha value is -2.64. The average Bonchev–Trinajstić information content (AvgIpc) is 3.51. The van der Waals surface area contributed by atoms with E-state index in [9.17, 15) is 13.2 Å². The summed E-state index contributed by atoms with van der Waals surface area (Å²) < 4.78 is 30.3. The van der Waals surface area contributed by atoms with Gasteiger partial charge in [-0.25, -0.2) is 8.42 Å². The summed E-state index contributed by atoms with van der Waals surface area (Å²) in [6, 6.07) is 16.6. The third kappa shape index (κ3) is 4.52. The first-order valence-corrected chi connectivity index (χ1v) is 12.1. The van der Waals surface area contributed by atoms with Crippen molar-refractivity contribution >= 4 is 26.7 Å². The molecule has 1 aliphatic rings. The molecule has 31 heavy (non-hydrogen) atoms. The van der Waals surface area contributed by atoms with Crippen LogP contribution in [0.1, 0.15) is 32.4 Å². The lowest BCUT2D eigenvalue weighted by atomic mass is 10.1. The molecular formula is C24H29N3O3S. The molecule has 0 unspecified atom stereocenters. The maximum Gasteiger partial charge on any atom is 0.243 e. The van der Waals surface area contributed by atoms with E-state index in [4.69, 9.17) is 0 Å². The zero-order valence-electron chi connectivity index (χ0n) is 18.2. The van der Waals surface area contributed by atoms with E-state index in [2.05, 4.69) is 0 Å². The van der Waals surface area contributed by atoms with E-state index < -0.39 is 10.0 Å². The second-order valence-electron chi connectivity index (χ2n) is 8.52. The van der Waals surface area contributed by atoms with Gasteiger partial charge in [0.25, 0.3) is 0 Å². The van der Waals surface area contributed by atoms with Gasteiger partial charge < -0.3 is 9.47 Å². The van der Waals surface area contributed by atoms with Crippen LogP contribution >= 0.6 is 0 Å². The number of carbonyl (C=O) groups excluding carboxylic acids is 1. The number of fused-ring (bicyclic) bond motifs is 1. The van der Waals surface area contributed by atoms with Gasteiger partial charge in [0.15, 0.2) is 0 Å². The fraction of sp³-hybridized carbons (Fsp3) is 0.375. The second kappa shape index (κ2) is 8.48. The Labute approximate surface area is 184 Å². The highest BCUT2D eigenvalue weighted by molar-refractivity contribution is 7.89. The molecule has 4 rings (SSSR count). The highest BCUT2D eigenvalue weighted by atomic mass is 32.2. The van der Waals surface area contributed by atoms with E-state index in [1.54, 1.807) is 12.1 Å². The summed E-state index contributed by atoms with van der Waals surface area (Å²) in [6.07, 6.45) is 3.89. The van der Waals surface area contributed by atoms with Crippen molar-refractivity contribution in [3.63, 3.8) is 0 Å². The molecule has 7 heteroatoms. The zero-order valence-corrected chi connectivity index (χ0v) is 19.0. The smallest absolute Gasteiger partial charge is 0.243 e. The number of hydrogen-bond donors (Lipinski definition) is 0. The highest BCUT2D eigenvalue weighted by Crippen LogP contribution is 2.30. The van der Waals surface area contributed by atoms with Crippen LogP contribution in [0.25, 0.3) is 10.8 Å². The standard InChI is InChI=1S/C24H29N3O3S/c1-18(2)27(31(29,30)23-13-10-19-7-4-5-8-20(19)15-23)17-24(28)26(21-11-12-21)16-22-9-6-14-25(22)3/h4-10,13-15,18,21H,11-12,16-17H2,1-3H3. The number of hydrogen-bond acceptors (Lipinski definition) is 3. The molecule has 0 aliphatic heterocycles. The molecule has 0 N–H and O–H groups in total. The van der Waals surface area contributed by atoms with E-state index in [1.807, 2.05) is 79.0 Å². The summed E-state index contributed by atoms with van der Waals surface area (Å²) in [7, 11) is -1.86. The third-order valence-corrected chi connectivity index (χ3v) is 7.90. The van der Waals surface area contributed by atoms with Crippen molar-refractivity contribution in [2.45, 2.75) is 50.2 Å². The monoisotopic (exact) mass is 439 g/mol. The fourth-order valence-corrected chi connectivity index (χ4v) is 5.50. The topological polar surface area (TPSA) is 62.6 Å². The SMILES string of the molecule is CC(C)N(CC(=O)N(Cc1cccn1C)C1CC1)S(=O)(=O)c1ccc2ccccc2c1. The van der Waals surface area contributed by atoms with Crippen LogP contribution in [-0.4, -0.2) is 46.7 Å². The molecule has 0 spiro atoms. The number of aryl methyl sites for hydroxylation is 1. The lowest BCUT2D eigenvalue weighted by molar-refractivity contribution is -0.133. The van der Waals surface area contributed by atoms with Crippen LogP contribution in [0.4, 0.5) is 0 Å². The summed E-state index contributed by atoms with van der Waals surface area (Å²) in [4.78, 5) is 15.3. The molecule has 0 atom stereocenters. The first kappa shape index (κ1) is 21.6. The highest BCUT2D eigenvalue weighted by Gasteiger charge is 2.36. The number of carbonyl (C=O) groups is 1. The third-order valence-electron chi connectivity index (χ3n) is 5.89. The van der Waals surface area contributed by atoms with Crippen molar-refractivity contribution in [3.8, 4) is 0 Å². The Morgan fingerprint density at radius 3 is 2.39 bits per heavy atom. The van der Waals surface area contributed by atoms with E-state index in [0.29, 0.717) is 6.54 Å². The fourth-order valence-electron chi connectivity index (χ4n) is 3.87. The lowest BCUT2D eigenvalue weighted by Gasteiger charge is -2.29. The van der Waals surface area contributed by atoms with E-state index >= 15 is 0 Å². The Balaban J connectivity index is 1.59. The minimum atomic E-state index is -3.82. The van der Waals surface area contributed by atoms with Gasteiger partial charge in [-0.1, -0.05) is 30.3 Å². The van der Waals surface area contributed by atoms with Crippen LogP contribution in [0.15, 0.2) is 65.7 Å². The molecule has 6 nitrogen and oxygen atoms in total. The van der Waals surface area contributed by atoms with Gasteiger partial charge in [-0.3, -0.25) is 4.79 Å². The van der Waals surface area contributed by atoms with Crippen molar-refractivity contribution in [3.05, 3.63) is 66.5 Å². The van der Waals surface area contributed by atoms with Crippen LogP contribution in [-0.2, 0) is 28.4 Å². The molecule has 1 amide bonds. The van der Waals surface area contributed by atoms with Gasteiger partial charge in [-0.15, -0.1) is 0 Å². The predicted octanol–water partition coefficient (Wildman–Crippen LogP) is 3.77. The molecule has 1 heterocycles. The van der Waals surface area contributed by atoms with E-state index in [0.717, 1.165) is 29.3 Å². The van der Waals surface area contributed by atoms with Crippen molar-refractivity contribution in [2.75, 3.05) is 6.54 Å². The van der Waals surface area contributed by atoms with Crippen LogP contribution in [0.3, 0.4) is 0 Å². The molecule has 0 radical (unpaired) electrons. The van der Waals surface area contributed by atoms with Gasteiger partial charge in [0, 0.05) is 31.0 Å². The van der Waals surface area contributed by atoms with Crippen LogP contribution in [0.2, 0.25) is 0 Å². The maximum atomic E-state index is 13.5. The molecule has 0 bridgehead atoms. The summed E-state index contributed by atoms with van der Waals surface area (Å²) in [5, 5.41) is 1.85. The molecule has 1 saturated carbocycles. The number of rotatable bonds is 8. The summed E-state index contributed by atoms with van der Waals surface area (Å²) in [5.74, 6) is -0.151. The molecule has 3 aromatic rings.